The van der Waals surface area contributed by atoms with Gasteiger partial charge in [0.25, 0.3) is 5.91 Å². The summed E-state index contributed by atoms with van der Waals surface area (Å²) in [7, 11) is 0. The summed E-state index contributed by atoms with van der Waals surface area (Å²) in [5, 5.41) is 15.1. The summed E-state index contributed by atoms with van der Waals surface area (Å²) in [4.78, 5) is 26.7. The fourth-order valence-corrected chi connectivity index (χ4v) is 6.06. The predicted octanol–water partition coefficient (Wildman–Crippen LogP) is 3.48. The van der Waals surface area contributed by atoms with Gasteiger partial charge in [-0.15, -0.1) is 0 Å². The molecule has 37 heavy (non-hydrogen) atoms. The van der Waals surface area contributed by atoms with Gasteiger partial charge in [0.15, 0.2) is 0 Å². The third-order valence-electron chi connectivity index (χ3n) is 8.64. The van der Waals surface area contributed by atoms with Crippen molar-refractivity contribution in [3.8, 4) is 0 Å². The molecule has 0 spiro atoms. The summed E-state index contributed by atoms with van der Waals surface area (Å²) in [6.45, 7) is 4.78. The van der Waals surface area contributed by atoms with Crippen molar-refractivity contribution in [2.45, 2.75) is 55.9 Å². The quantitative estimate of drug-likeness (QED) is 0.553. The summed E-state index contributed by atoms with van der Waals surface area (Å²) < 4.78 is 15.6. The van der Waals surface area contributed by atoms with Crippen LogP contribution in [0.2, 0.25) is 0 Å². The predicted molar refractivity (Wildman–Crippen MR) is 137 cm³/mol. The Morgan fingerprint density at radius 3 is 2.43 bits per heavy atom. The number of nitrogens with zero attached hydrogens (tertiary/aromatic N) is 6. The molecule has 9 heteroatoms. The molecule has 1 aliphatic carbocycles. The smallest absolute Gasteiger partial charge is 0.257 e. The monoisotopic (exact) mass is 504 g/mol. The van der Waals surface area contributed by atoms with Crippen molar-refractivity contribution in [1.82, 2.24) is 24.6 Å². The SMILES string of the molecule is CC1(c2c(C(=O)N3CCC(CO)(c4ccc(F)cc4)C3)cnn2C2CCN(c3ncccn3)CC2)CC1. The van der Waals surface area contributed by atoms with Crippen LogP contribution in [0.1, 0.15) is 66.7 Å². The third-order valence-corrected chi connectivity index (χ3v) is 8.64. The first-order valence-corrected chi connectivity index (χ1v) is 13.2. The number of halogens is 1. The van der Waals surface area contributed by atoms with Gasteiger partial charge in [-0.2, -0.15) is 5.10 Å². The van der Waals surface area contributed by atoms with E-state index in [9.17, 15) is 14.3 Å². The third kappa shape index (κ3) is 4.29. The van der Waals surface area contributed by atoms with Crippen LogP contribution in [0.5, 0.6) is 0 Å². The van der Waals surface area contributed by atoms with Gasteiger partial charge in [0.1, 0.15) is 5.82 Å². The van der Waals surface area contributed by atoms with E-state index in [1.54, 1.807) is 30.7 Å². The highest BCUT2D eigenvalue weighted by Crippen LogP contribution is 2.50. The van der Waals surface area contributed by atoms with Gasteiger partial charge in [-0.25, -0.2) is 14.4 Å². The van der Waals surface area contributed by atoms with Gasteiger partial charge in [0.05, 0.1) is 30.1 Å². The number of hydrogen-bond donors (Lipinski definition) is 1. The second kappa shape index (κ2) is 9.20. The molecule has 1 unspecified atom stereocenters. The van der Waals surface area contributed by atoms with E-state index >= 15 is 0 Å². The molecule has 8 nitrogen and oxygen atoms in total. The Balaban J connectivity index is 1.23. The van der Waals surface area contributed by atoms with Crippen LogP contribution in [0.15, 0.2) is 48.9 Å². The molecule has 6 rings (SSSR count). The maximum Gasteiger partial charge on any atom is 0.257 e. The van der Waals surface area contributed by atoms with Gasteiger partial charge in [0, 0.05) is 49.4 Å². The van der Waals surface area contributed by atoms with Crippen LogP contribution in [-0.4, -0.2) is 68.4 Å². The lowest BCUT2D eigenvalue weighted by molar-refractivity contribution is 0.0771. The van der Waals surface area contributed by atoms with Crippen molar-refractivity contribution in [3.63, 3.8) is 0 Å². The minimum atomic E-state index is -0.574. The fourth-order valence-electron chi connectivity index (χ4n) is 6.06. The number of carbonyl (C=O) groups is 1. The van der Waals surface area contributed by atoms with Crippen LogP contribution in [0.3, 0.4) is 0 Å². The second-order valence-corrected chi connectivity index (χ2v) is 11.1. The maximum atomic E-state index is 13.9. The van der Waals surface area contributed by atoms with Gasteiger partial charge in [-0.3, -0.25) is 9.48 Å². The summed E-state index contributed by atoms with van der Waals surface area (Å²) in [6, 6.07) is 8.34. The first-order valence-electron chi connectivity index (χ1n) is 13.2. The van der Waals surface area contributed by atoms with Crippen molar-refractivity contribution >= 4 is 11.9 Å². The van der Waals surface area contributed by atoms with E-state index in [0.717, 1.165) is 56.0 Å². The highest BCUT2D eigenvalue weighted by Gasteiger charge is 2.48. The van der Waals surface area contributed by atoms with Crippen LogP contribution < -0.4 is 4.90 Å². The van der Waals surface area contributed by atoms with E-state index in [2.05, 4.69) is 26.5 Å². The number of aliphatic hydroxyl groups is 1. The number of carbonyl (C=O) groups excluding carboxylic acids is 1. The minimum absolute atomic E-state index is 0.0260. The average molecular weight is 505 g/mol. The molecular formula is C28H33FN6O2. The fraction of sp³-hybridized carbons (Fsp3) is 0.500. The van der Waals surface area contributed by atoms with E-state index in [0.29, 0.717) is 25.1 Å². The summed E-state index contributed by atoms with van der Waals surface area (Å²) in [6.07, 6.45) is 9.86. The highest BCUT2D eigenvalue weighted by atomic mass is 19.1. The molecule has 2 aliphatic heterocycles. The molecule has 1 saturated carbocycles. The van der Waals surface area contributed by atoms with Gasteiger partial charge in [-0.1, -0.05) is 19.1 Å². The van der Waals surface area contributed by atoms with Crippen molar-refractivity contribution in [2.75, 3.05) is 37.7 Å². The lowest BCUT2D eigenvalue weighted by Crippen LogP contribution is -2.38. The molecule has 1 amide bonds. The Morgan fingerprint density at radius 2 is 1.78 bits per heavy atom. The Kier molecular flexibility index (Phi) is 5.98. The molecule has 4 heterocycles. The van der Waals surface area contributed by atoms with E-state index in [-0.39, 0.29) is 29.8 Å². The summed E-state index contributed by atoms with van der Waals surface area (Å²) in [5.74, 6) is 0.427. The van der Waals surface area contributed by atoms with Crippen molar-refractivity contribution < 1.29 is 14.3 Å². The Labute approximate surface area is 216 Å². The number of amides is 1. The van der Waals surface area contributed by atoms with E-state index in [1.807, 2.05) is 11.0 Å². The van der Waals surface area contributed by atoms with E-state index in [4.69, 9.17) is 5.10 Å². The topological polar surface area (TPSA) is 87.4 Å². The lowest BCUT2D eigenvalue weighted by atomic mass is 9.80. The molecule has 3 fully saturated rings. The van der Waals surface area contributed by atoms with Crippen molar-refractivity contribution in [3.05, 3.63) is 71.6 Å². The maximum absolute atomic E-state index is 13.9. The molecule has 3 aliphatic rings. The zero-order chi connectivity index (χ0) is 25.6. The van der Waals surface area contributed by atoms with Crippen LogP contribution in [0.25, 0.3) is 0 Å². The molecular weight excluding hydrogens is 471 g/mol. The molecule has 2 aromatic heterocycles. The number of benzene rings is 1. The number of aromatic nitrogens is 4. The van der Waals surface area contributed by atoms with Crippen LogP contribution in [0, 0.1) is 5.82 Å². The molecule has 2 saturated heterocycles. The number of aliphatic hydroxyl groups excluding tert-OH is 1. The average Bonchev–Trinajstić information content (AvgIpc) is 3.33. The van der Waals surface area contributed by atoms with Crippen molar-refractivity contribution in [2.24, 2.45) is 0 Å². The summed E-state index contributed by atoms with van der Waals surface area (Å²) in [5.41, 5.74) is 1.99. The Morgan fingerprint density at radius 1 is 1.08 bits per heavy atom. The van der Waals surface area contributed by atoms with Crippen LogP contribution in [0.4, 0.5) is 10.3 Å². The number of piperidine rings is 1. The van der Waals surface area contributed by atoms with Gasteiger partial charge in [0.2, 0.25) is 5.95 Å². The largest absolute Gasteiger partial charge is 0.395 e. The zero-order valence-corrected chi connectivity index (χ0v) is 21.2. The molecule has 1 N–H and O–H groups in total. The number of rotatable bonds is 6. The Bertz CT molecular complexity index is 1270. The lowest BCUT2D eigenvalue weighted by Gasteiger charge is -2.33. The molecule has 0 radical (unpaired) electrons. The Hall–Kier alpha value is -3.33. The molecule has 1 aromatic carbocycles. The van der Waals surface area contributed by atoms with Gasteiger partial charge < -0.3 is 14.9 Å². The normalized spacial score (nSPS) is 23.4. The number of anilines is 1. The standard InChI is InChI=1S/C28H33FN6O2/c1-27(9-10-27)24-23(17-32-35(24)22-7-14-33(15-8-22)26-30-12-2-13-31-26)25(37)34-16-11-28(18-34,19-36)20-3-5-21(29)6-4-20/h2-6,12-13,17,22,36H,7-11,14-16,18-19H2,1H3. The first kappa shape index (κ1) is 24.0. The number of hydrogen-bond acceptors (Lipinski definition) is 6. The number of likely N-dealkylation sites (tertiary alicyclic amines) is 1. The first-order chi connectivity index (χ1) is 17.9. The highest BCUT2D eigenvalue weighted by molar-refractivity contribution is 5.96. The van der Waals surface area contributed by atoms with Gasteiger partial charge >= 0.3 is 0 Å². The second-order valence-electron chi connectivity index (χ2n) is 11.1. The van der Waals surface area contributed by atoms with Gasteiger partial charge in [-0.05, 0) is 55.9 Å². The van der Waals surface area contributed by atoms with Crippen LogP contribution in [-0.2, 0) is 10.8 Å². The summed E-state index contributed by atoms with van der Waals surface area (Å²) >= 11 is 0. The zero-order valence-electron chi connectivity index (χ0n) is 21.2. The van der Waals surface area contributed by atoms with Crippen molar-refractivity contribution in [1.29, 1.82) is 0 Å². The molecule has 194 valence electrons. The van der Waals surface area contributed by atoms with E-state index < -0.39 is 5.41 Å². The molecule has 0 bridgehead atoms. The van der Waals surface area contributed by atoms with E-state index in [1.165, 1.54) is 12.1 Å². The molecule has 3 aromatic rings. The van der Waals surface area contributed by atoms with Crippen LogP contribution >= 0.6 is 0 Å². The molecule has 1 atom stereocenters. The minimum Gasteiger partial charge on any atom is -0.395 e.